The predicted octanol–water partition coefficient (Wildman–Crippen LogP) is 2.79. The molecule has 1 nitrogen and oxygen atoms in total. The lowest BCUT2D eigenvalue weighted by Crippen LogP contribution is -2.29. The highest BCUT2D eigenvalue weighted by molar-refractivity contribution is 6.18. The van der Waals surface area contributed by atoms with Crippen molar-refractivity contribution in [1.29, 1.82) is 0 Å². The van der Waals surface area contributed by atoms with Crippen LogP contribution in [-0.4, -0.2) is 25.1 Å². The van der Waals surface area contributed by atoms with E-state index in [4.69, 9.17) is 11.6 Å². The van der Waals surface area contributed by atoms with Crippen LogP contribution in [0.3, 0.4) is 0 Å². The van der Waals surface area contributed by atoms with E-state index in [0.29, 0.717) is 18.3 Å². The van der Waals surface area contributed by atoms with Gasteiger partial charge in [0, 0.05) is 5.88 Å². The minimum absolute atomic E-state index is 0.384. The van der Waals surface area contributed by atoms with E-state index in [1.165, 1.54) is 0 Å². The van der Waals surface area contributed by atoms with E-state index in [-0.39, 0.29) is 0 Å². The third-order valence-electron chi connectivity index (χ3n) is 1.64. The van der Waals surface area contributed by atoms with E-state index in [2.05, 4.69) is 5.32 Å². The number of hydrogen-bond acceptors (Lipinski definition) is 1. The summed E-state index contributed by atoms with van der Waals surface area (Å²) in [5.41, 5.74) is 0. The molecule has 0 aliphatic carbocycles. The van der Waals surface area contributed by atoms with E-state index in [9.17, 15) is 13.2 Å². The molecule has 0 aliphatic rings. The van der Waals surface area contributed by atoms with Crippen molar-refractivity contribution >= 4 is 11.6 Å². The van der Waals surface area contributed by atoms with Gasteiger partial charge in [-0.25, -0.2) is 0 Å². The predicted molar refractivity (Wildman–Crippen MR) is 48.0 cm³/mol. The van der Waals surface area contributed by atoms with Gasteiger partial charge in [0.05, 0.1) is 6.54 Å². The van der Waals surface area contributed by atoms with Gasteiger partial charge < -0.3 is 5.32 Å². The van der Waals surface area contributed by atoms with Gasteiger partial charge in [0.25, 0.3) is 0 Å². The fraction of sp³-hybridized carbons (Fsp3) is 1.00. The maximum Gasteiger partial charge on any atom is 0.401 e. The van der Waals surface area contributed by atoms with Gasteiger partial charge in [0.2, 0.25) is 0 Å². The molecule has 0 saturated carbocycles. The van der Waals surface area contributed by atoms with Gasteiger partial charge in [-0.2, -0.15) is 13.2 Å². The lowest BCUT2D eigenvalue weighted by molar-refractivity contribution is -0.124. The summed E-state index contributed by atoms with van der Waals surface area (Å²) in [6.45, 7) is 1.49. The molecule has 13 heavy (non-hydrogen) atoms. The molecule has 0 fully saturated rings. The summed E-state index contributed by atoms with van der Waals surface area (Å²) in [4.78, 5) is 0. The Morgan fingerprint density at radius 3 is 2.46 bits per heavy atom. The first-order valence-electron chi connectivity index (χ1n) is 4.29. The number of rotatable bonds is 6. The van der Waals surface area contributed by atoms with Crippen LogP contribution in [0.4, 0.5) is 13.2 Å². The van der Waals surface area contributed by atoms with Gasteiger partial charge in [0.15, 0.2) is 0 Å². The van der Waals surface area contributed by atoms with E-state index < -0.39 is 12.7 Å². The first kappa shape index (κ1) is 13.0. The third kappa shape index (κ3) is 9.96. The van der Waals surface area contributed by atoms with Crippen LogP contribution in [0.25, 0.3) is 0 Å². The summed E-state index contributed by atoms with van der Waals surface area (Å²) in [7, 11) is 0. The maximum atomic E-state index is 11.6. The zero-order chi connectivity index (χ0) is 10.3. The van der Waals surface area contributed by atoms with Gasteiger partial charge in [-0.1, -0.05) is 6.92 Å². The van der Waals surface area contributed by atoms with Crippen molar-refractivity contribution in [2.75, 3.05) is 19.0 Å². The summed E-state index contributed by atoms with van der Waals surface area (Å²) in [5, 5.41) is 2.34. The van der Waals surface area contributed by atoms with Crippen molar-refractivity contribution in [3.8, 4) is 0 Å². The second-order valence-electron chi connectivity index (χ2n) is 3.19. The van der Waals surface area contributed by atoms with Crippen LogP contribution >= 0.6 is 11.6 Å². The monoisotopic (exact) mass is 217 g/mol. The van der Waals surface area contributed by atoms with Crippen molar-refractivity contribution in [3.63, 3.8) is 0 Å². The third-order valence-corrected chi connectivity index (χ3v) is 2.17. The number of halogens is 4. The molecule has 0 radical (unpaired) electrons. The molecule has 1 unspecified atom stereocenters. The number of alkyl halides is 4. The first-order chi connectivity index (χ1) is 5.95. The Hall–Kier alpha value is 0.0400. The minimum atomic E-state index is -4.10. The number of hydrogen-bond donors (Lipinski definition) is 1. The zero-order valence-electron chi connectivity index (χ0n) is 7.62. The lowest BCUT2D eigenvalue weighted by atomic mass is 10.1. The van der Waals surface area contributed by atoms with Crippen molar-refractivity contribution < 1.29 is 13.2 Å². The SMILES string of the molecule is CC(CCl)CCCNCC(F)(F)F. The topological polar surface area (TPSA) is 12.0 Å². The van der Waals surface area contributed by atoms with Gasteiger partial charge in [-0.15, -0.1) is 11.6 Å². The fourth-order valence-corrected chi connectivity index (χ4v) is 1.04. The highest BCUT2D eigenvalue weighted by Gasteiger charge is 2.25. The molecule has 0 aromatic rings. The molecule has 1 atom stereocenters. The quantitative estimate of drug-likeness (QED) is 0.533. The molecule has 0 amide bonds. The summed E-state index contributed by atoms with van der Waals surface area (Å²) in [6, 6.07) is 0. The van der Waals surface area contributed by atoms with E-state index in [1.807, 2.05) is 6.92 Å². The molecule has 5 heteroatoms. The summed E-state index contributed by atoms with van der Waals surface area (Å²) in [5.74, 6) is 0.952. The van der Waals surface area contributed by atoms with Crippen LogP contribution in [0.5, 0.6) is 0 Å². The molecule has 0 aromatic heterocycles. The van der Waals surface area contributed by atoms with Gasteiger partial charge in [0.1, 0.15) is 0 Å². The molecular weight excluding hydrogens is 203 g/mol. The average Bonchev–Trinajstić information content (AvgIpc) is 2.01. The molecule has 80 valence electrons. The Labute approximate surface area is 81.6 Å². The summed E-state index contributed by atoms with van der Waals surface area (Å²) in [6.07, 6.45) is -2.49. The molecule has 0 heterocycles. The van der Waals surface area contributed by atoms with E-state index in [1.54, 1.807) is 0 Å². The largest absolute Gasteiger partial charge is 0.401 e. The van der Waals surface area contributed by atoms with Gasteiger partial charge >= 0.3 is 6.18 Å². The molecule has 0 spiro atoms. The van der Waals surface area contributed by atoms with Gasteiger partial charge in [-0.05, 0) is 25.3 Å². The van der Waals surface area contributed by atoms with Gasteiger partial charge in [-0.3, -0.25) is 0 Å². The first-order valence-corrected chi connectivity index (χ1v) is 4.82. The smallest absolute Gasteiger partial charge is 0.309 e. The van der Waals surface area contributed by atoms with Crippen LogP contribution in [0.2, 0.25) is 0 Å². The van der Waals surface area contributed by atoms with Crippen molar-refractivity contribution in [2.24, 2.45) is 5.92 Å². The van der Waals surface area contributed by atoms with Crippen LogP contribution < -0.4 is 5.32 Å². The van der Waals surface area contributed by atoms with Crippen molar-refractivity contribution in [1.82, 2.24) is 5.32 Å². The highest BCUT2D eigenvalue weighted by Crippen LogP contribution is 2.12. The average molecular weight is 218 g/mol. The Balaban J connectivity index is 3.18. The van der Waals surface area contributed by atoms with E-state index >= 15 is 0 Å². The van der Waals surface area contributed by atoms with Crippen LogP contribution in [-0.2, 0) is 0 Å². The molecule has 0 saturated heterocycles. The molecular formula is C8H15ClF3N. The van der Waals surface area contributed by atoms with Crippen LogP contribution in [0, 0.1) is 5.92 Å². The highest BCUT2D eigenvalue weighted by atomic mass is 35.5. The lowest BCUT2D eigenvalue weighted by Gasteiger charge is -2.09. The summed E-state index contributed by atoms with van der Waals surface area (Å²) >= 11 is 5.54. The fourth-order valence-electron chi connectivity index (χ4n) is 0.883. The minimum Gasteiger partial charge on any atom is -0.309 e. The Morgan fingerprint density at radius 2 is 2.00 bits per heavy atom. The molecule has 0 aromatic carbocycles. The molecule has 1 N–H and O–H groups in total. The van der Waals surface area contributed by atoms with Crippen molar-refractivity contribution in [2.45, 2.75) is 25.9 Å². The maximum absolute atomic E-state index is 11.6. The molecule has 0 rings (SSSR count). The number of nitrogens with one attached hydrogen (secondary N) is 1. The summed E-state index contributed by atoms with van der Waals surface area (Å²) < 4.78 is 34.9. The normalized spacial score (nSPS) is 14.5. The van der Waals surface area contributed by atoms with Crippen molar-refractivity contribution in [3.05, 3.63) is 0 Å². The zero-order valence-corrected chi connectivity index (χ0v) is 8.38. The second-order valence-corrected chi connectivity index (χ2v) is 3.50. The second kappa shape index (κ2) is 6.49. The molecule has 0 aliphatic heterocycles. The van der Waals surface area contributed by atoms with E-state index in [0.717, 1.165) is 12.8 Å². The Kier molecular flexibility index (Phi) is 6.51. The Morgan fingerprint density at radius 1 is 1.38 bits per heavy atom. The standard InChI is InChI=1S/C8H15ClF3N/c1-7(5-9)3-2-4-13-6-8(10,11)12/h7,13H,2-6H2,1H3. The van der Waals surface area contributed by atoms with Crippen LogP contribution in [0.1, 0.15) is 19.8 Å². The Bertz CT molecular complexity index is 127. The van der Waals surface area contributed by atoms with Crippen LogP contribution in [0.15, 0.2) is 0 Å². The molecule has 0 bridgehead atoms.